The quantitative estimate of drug-likeness (QED) is 0.351. The van der Waals surface area contributed by atoms with Crippen molar-refractivity contribution in [2.45, 2.75) is 32.4 Å². The summed E-state index contributed by atoms with van der Waals surface area (Å²) in [5.74, 6) is 1.66. The van der Waals surface area contributed by atoms with Gasteiger partial charge in [0.25, 0.3) is 0 Å². The van der Waals surface area contributed by atoms with E-state index in [0.717, 1.165) is 12.8 Å². The van der Waals surface area contributed by atoms with Gasteiger partial charge in [0.1, 0.15) is 0 Å². The van der Waals surface area contributed by atoms with Crippen LogP contribution in [0.4, 0.5) is 17.8 Å². The summed E-state index contributed by atoms with van der Waals surface area (Å²) < 4.78 is 10.8. The van der Waals surface area contributed by atoms with Crippen LogP contribution in [-0.2, 0) is 16.0 Å². The third-order valence-corrected chi connectivity index (χ3v) is 4.28. The number of hydrogen-bond acceptors (Lipinski definition) is 9. The largest absolute Gasteiger partial charge is 0.378 e. The van der Waals surface area contributed by atoms with Crippen molar-refractivity contribution in [3.05, 3.63) is 35.4 Å². The first-order valence-corrected chi connectivity index (χ1v) is 10.1. The van der Waals surface area contributed by atoms with E-state index in [4.69, 9.17) is 15.2 Å². The molecule has 158 valence electrons. The summed E-state index contributed by atoms with van der Waals surface area (Å²) >= 11 is 0. The lowest BCUT2D eigenvalue weighted by atomic mass is 10.1. The fourth-order valence-electron chi connectivity index (χ4n) is 2.54. The van der Waals surface area contributed by atoms with Crippen LogP contribution in [0.15, 0.2) is 24.3 Å². The second-order valence-corrected chi connectivity index (χ2v) is 7.00. The first-order chi connectivity index (χ1) is 14.2. The Hall–Kier alpha value is -2.49. The molecule has 1 aliphatic carbocycles. The summed E-state index contributed by atoms with van der Waals surface area (Å²) in [5, 5.41) is 9.82. The van der Waals surface area contributed by atoms with Crippen LogP contribution in [0.2, 0.25) is 0 Å². The fourth-order valence-corrected chi connectivity index (χ4v) is 2.54. The van der Waals surface area contributed by atoms with Crippen LogP contribution in [0.1, 0.15) is 24.0 Å². The Morgan fingerprint density at radius 3 is 2.24 bits per heavy atom. The van der Waals surface area contributed by atoms with E-state index in [1.54, 1.807) is 0 Å². The van der Waals surface area contributed by atoms with Crippen LogP contribution in [0.3, 0.4) is 0 Å². The molecule has 2 aromatic rings. The molecule has 0 amide bonds. The van der Waals surface area contributed by atoms with Gasteiger partial charge in [0, 0.05) is 25.7 Å². The van der Waals surface area contributed by atoms with Gasteiger partial charge < -0.3 is 31.2 Å². The molecule has 1 saturated carbocycles. The van der Waals surface area contributed by atoms with Crippen LogP contribution in [0, 0.1) is 6.92 Å². The summed E-state index contributed by atoms with van der Waals surface area (Å²) in [6, 6.07) is 8.85. The highest BCUT2D eigenvalue weighted by Crippen LogP contribution is 2.23. The molecule has 3 rings (SSSR count). The highest BCUT2D eigenvalue weighted by molar-refractivity contribution is 5.43. The molecule has 1 aromatic heterocycles. The number of ether oxygens (including phenoxy) is 2. The standard InChI is InChI=1S/C20H31N7O2/c1-15-2-4-16(5-3-15)14-23-19-25-18(26-20(27-19)24-17-6-7-17)22-9-11-29-13-12-28-10-8-21/h2-5,17H,6-14,21H2,1H3,(H3,22,23,24,25,26,27). The molecule has 1 aromatic carbocycles. The van der Waals surface area contributed by atoms with Crippen LogP contribution in [0.25, 0.3) is 0 Å². The Morgan fingerprint density at radius 1 is 0.897 bits per heavy atom. The Balaban J connectivity index is 1.49. The minimum atomic E-state index is 0.465. The van der Waals surface area contributed by atoms with Gasteiger partial charge in [0.05, 0.1) is 26.4 Å². The molecule has 0 aliphatic heterocycles. The summed E-state index contributed by atoms with van der Waals surface area (Å²) in [6.45, 7) is 6.03. The molecule has 0 atom stereocenters. The topological polar surface area (TPSA) is 119 Å². The zero-order chi connectivity index (χ0) is 20.3. The average Bonchev–Trinajstić information content (AvgIpc) is 3.53. The van der Waals surface area contributed by atoms with Gasteiger partial charge in [-0.1, -0.05) is 29.8 Å². The van der Waals surface area contributed by atoms with Gasteiger partial charge in [-0.05, 0) is 25.3 Å². The molecule has 0 saturated heterocycles. The van der Waals surface area contributed by atoms with E-state index in [2.05, 4.69) is 62.1 Å². The second-order valence-electron chi connectivity index (χ2n) is 7.00. The maximum absolute atomic E-state index is 5.52. The molecule has 1 aliphatic rings. The number of benzene rings is 1. The maximum Gasteiger partial charge on any atom is 0.229 e. The average molecular weight is 402 g/mol. The number of rotatable bonds is 14. The molecule has 29 heavy (non-hydrogen) atoms. The predicted molar refractivity (Wildman–Crippen MR) is 114 cm³/mol. The smallest absolute Gasteiger partial charge is 0.229 e. The molecular weight excluding hydrogens is 370 g/mol. The minimum Gasteiger partial charge on any atom is -0.378 e. The Bertz CT molecular complexity index is 738. The number of aromatic nitrogens is 3. The third kappa shape index (κ3) is 8.18. The van der Waals surface area contributed by atoms with Crippen molar-refractivity contribution >= 4 is 17.8 Å². The van der Waals surface area contributed by atoms with Gasteiger partial charge in [-0.3, -0.25) is 0 Å². The van der Waals surface area contributed by atoms with Crippen LogP contribution in [0.5, 0.6) is 0 Å². The molecule has 1 heterocycles. The molecule has 0 spiro atoms. The number of nitrogens with zero attached hydrogens (tertiary/aromatic N) is 3. The molecule has 0 bridgehead atoms. The summed E-state index contributed by atoms with van der Waals surface area (Å²) in [4.78, 5) is 13.4. The van der Waals surface area contributed by atoms with Crippen molar-refractivity contribution < 1.29 is 9.47 Å². The minimum absolute atomic E-state index is 0.465. The number of anilines is 3. The number of aryl methyl sites for hydroxylation is 1. The van der Waals surface area contributed by atoms with Gasteiger partial charge in [-0.25, -0.2) is 0 Å². The Morgan fingerprint density at radius 2 is 1.55 bits per heavy atom. The van der Waals surface area contributed by atoms with E-state index in [9.17, 15) is 0 Å². The number of nitrogens with two attached hydrogens (primary N) is 1. The van der Waals surface area contributed by atoms with Crippen molar-refractivity contribution in [1.29, 1.82) is 0 Å². The molecule has 9 nitrogen and oxygen atoms in total. The molecular formula is C20H31N7O2. The lowest BCUT2D eigenvalue weighted by Gasteiger charge is -2.11. The Labute approximate surface area is 171 Å². The van der Waals surface area contributed by atoms with Crippen LogP contribution >= 0.6 is 0 Å². The SMILES string of the molecule is Cc1ccc(CNc2nc(NCCOCCOCCN)nc(NC3CC3)n2)cc1. The normalized spacial score (nSPS) is 13.3. The van der Waals surface area contributed by atoms with E-state index in [1.165, 1.54) is 11.1 Å². The highest BCUT2D eigenvalue weighted by atomic mass is 16.5. The third-order valence-electron chi connectivity index (χ3n) is 4.28. The number of nitrogens with one attached hydrogen (secondary N) is 3. The highest BCUT2D eigenvalue weighted by Gasteiger charge is 2.22. The molecule has 9 heteroatoms. The van der Waals surface area contributed by atoms with Crippen molar-refractivity contribution in [3.8, 4) is 0 Å². The van der Waals surface area contributed by atoms with E-state index in [-0.39, 0.29) is 0 Å². The van der Waals surface area contributed by atoms with Crippen molar-refractivity contribution in [1.82, 2.24) is 15.0 Å². The van der Waals surface area contributed by atoms with Gasteiger partial charge in [0.15, 0.2) is 0 Å². The molecule has 0 unspecified atom stereocenters. The van der Waals surface area contributed by atoms with Gasteiger partial charge in [-0.2, -0.15) is 15.0 Å². The van der Waals surface area contributed by atoms with E-state index < -0.39 is 0 Å². The van der Waals surface area contributed by atoms with E-state index in [1.807, 2.05) is 0 Å². The summed E-state index contributed by atoms with van der Waals surface area (Å²) in [5.41, 5.74) is 7.78. The maximum atomic E-state index is 5.52. The lowest BCUT2D eigenvalue weighted by Crippen LogP contribution is -2.17. The van der Waals surface area contributed by atoms with E-state index in [0.29, 0.717) is 69.9 Å². The first kappa shape index (κ1) is 21.2. The fraction of sp³-hybridized carbons (Fsp3) is 0.550. The van der Waals surface area contributed by atoms with Gasteiger partial charge in [-0.15, -0.1) is 0 Å². The molecule has 1 fully saturated rings. The van der Waals surface area contributed by atoms with E-state index >= 15 is 0 Å². The molecule has 5 N–H and O–H groups in total. The number of hydrogen-bond donors (Lipinski definition) is 4. The predicted octanol–water partition coefficient (Wildman–Crippen LogP) is 1.77. The van der Waals surface area contributed by atoms with Crippen molar-refractivity contribution in [2.24, 2.45) is 5.73 Å². The zero-order valence-corrected chi connectivity index (χ0v) is 17.0. The van der Waals surface area contributed by atoms with Gasteiger partial charge >= 0.3 is 0 Å². The zero-order valence-electron chi connectivity index (χ0n) is 17.0. The summed E-state index contributed by atoms with van der Waals surface area (Å²) in [7, 11) is 0. The van der Waals surface area contributed by atoms with Crippen LogP contribution < -0.4 is 21.7 Å². The molecule has 0 radical (unpaired) electrons. The Kier molecular flexibility index (Phi) is 8.41. The second kappa shape index (κ2) is 11.5. The summed E-state index contributed by atoms with van der Waals surface area (Å²) in [6.07, 6.45) is 2.31. The van der Waals surface area contributed by atoms with Crippen molar-refractivity contribution in [3.63, 3.8) is 0 Å². The van der Waals surface area contributed by atoms with Crippen LogP contribution in [-0.4, -0.2) is 60.5 Å². The van der Waals surface area contributed by atoms with Gasteiger partial charge in [0.2, 0.25) is 17.8 Å². The van der Waals surface area contributed by atoms with Crippen molar-refractivity contribution in [2.75, 3.05) is 55.5 Å². The first-order valence-electron chi connectivity index (χ1n) is 10.1. The monoisotopic (exact) mass is 401 g/mol. The lowest BCUT2D eigenvalue weighted by molar-refractivity contribution is 0.0547.